The van der Waals surface area contributed by atoms with Gasteiger partial charge >= 0.3 is 5.97 Å². The fourth-order valence-corrected chi connectivity index (χ4v) is 1.52. The summed E-state index contributed by atoms with van der Waals surface area (Å²) in [6, 6.07) is -1.19. The molecule has 0 bridgehead atoms. The van der Waals surface area contributed by atoms with Crippen molar-refractivity contribution in [3.05, 3.63) is 12.7 Å². The van der Waals surface area contributed by atoms with Gasteiger partial charge < -0.3 is 20.9 Å². The predicted molar refractivity (Wildman–Crippen MR) is 56.7 cm³/mol. The topological polar surface area (TPSA) is 102 Å². The van der Waals surface area contributed by atoms with Gasteiger partial charge in [-0.05, 0) is 6.42 Å². The van der Waals surface area contributed by atoms with Gasteiger partial charge in [-0.3, -0.25) is 9.59 Å². The summed E-state index contributed by atoms with van der Waals surface area (Å²) in [4.78, 5) is 22.3. The second-order valence-corrected chi connectivity index (χ2v) is 3.73. The molecule has 0 spiro atoms. The second kappa shape index (κ2) is 5.62. The Bertz CT molecular complexity index is 293. The summed E-state index contributed by atoms with van der Waals surface area (Å²) < 4.78 is 5.02. The molecule has 16 heavy (non-hydrogen) atoms. The van der Waals surface area contributed by atoms with E-state index < -0.39 is 24.0 Å². The van der Waals surface area contributed by atoms with Crippen LogP contribution in [0.2, 0.25) is 0 Å². The molecule has 1 fully saturated rings. The molecule has 1 rings (SSSR count). The minimum Gasteiger partial charge on any atom is -0.481 e. The van der Waals surface area contributed by atoms with Crippen LogP contribution in [0.4, 0.5) is 0 Å². The van der Waals surface area contributed by atoms with E-state index in [1.165, 1.54) is 0 Å². The lowest BCUT2D eigenvalue weighted by molar-refractivity contribution is -0.142. The first-order valence-corrected chi connectivity index (χ1v) is 5.03. The third-order valence-corrected chi connectivity index (χ3v) is 2.48. The third kappa shape index (κ3) is 3.04. The summed E-state index contributed by atoms with van der Waals surface area (Å²) in [5, 5.41) is 11.4. The molecular weight excluding hydrogens is 212 g/mol. The van der Waals surface area contributed by atoms with E-state index in [1.54, 1.807) is 6.08 Å². The zero-order chi connectivity index (χ0) is 12.1. The van der Waals surface area contributed by atoms with Crippen LogP contribution in [0.5, 0.6) is 0 Å². The van der Waals surface area contributed by atoms with Crippen molar-refractivity contribution in [1.82, 2.24) is 5.32 Å². The Morgan fingerprint density at radius 2 is 2.31 bits per heavy atom. The Kier molecular flexibility index (Phi) is 4.45. The zero-order valence-corrected chi connectivity index (χ0v) is 8.89. The molecule has 0 saturated carbocycles. The van der Waals surface area contributed by atoms with E-state index >= 15 is 0 Å². The van der Waals surface area contributed by atoms with Crippen LogP contribution >= 0.6 is 0 Å². The lowest BCUT2D eigenvalue weighted by atomic mass is 10.0. The van der Waals surface area contributed by atoms with Gasteiger partial charge in [0.15, 0.2) is 0 Å². The lowest BCUT2D eigenvalue weighted by Gasteiger charge is -2.18. The van der Waals surface area contributed by atoms with Gasteiger partial charge in [-0.2, -0.15) is 0 Å². The monoisotopic (exact) mass is 228 g/mol. The Morgan fingerprint density at radius 1 is 1.62 bits per heavy atom. The number of ether oxygens (including phenoxy) is 1. The molecule has 0 aromatic rings. The summed E-state index contributed by atoms with van der Waals surface area (Å²) in [6.07, 6.45) is 1.90. The van der Waals surface area contributed by atoms with Crippen molar-refractivity contribution >= 4 is 11.9 Å². The number of hydrogen-bond acceptors (Lipinski definition) is 4. The number of nitrogens with one attached hydrogen (secondary N) is 1. The zero-order valence-electron chi connectivity index (χ0n) is 8.89. The third-order valence-electron chi connectivity index (χ3n) is 2.48. The molecule has 6 nitrogen and oxygen atoms in total. The molecule has 3 atom stereocenters. The fourth-order valence-electron chi connectivity index (χ4n) is 1.52. The van der Waals surface area contributed by atoms with Gasteiger partial charge in [0.2, 0.25) is 5.91 Å². The molecule has 0 aromatic heterocycles. The number of nitrogens with two attached hydrogens (primary N) is 1. The van der Waals surface area contributed by atoms with Gasteiger partial charge in [0.05, 0.1) is 25.3 Å². The van der Waals surface area contributed by atoms with Crippen LogP contribution in [0, 0.1) is 5.92 Å². The van der Waals surface area contributed by atoms with Crippen LogP contribution in [0.1, 0.15) is 6.42 Å². The van der Waals surface area contributed by atoms with Gasteiger partial charge in [0.1, 0.15) is 5.92 Å². The molecule has 1 aliphatic rings. The van der Waals surface area contributed by atoms with Crippen LogP contribution < -0.4 is 11.1 Å². The molecule has 0 aromatic carbocycles. The standard InChI is InChI=1S/C10H16N2O4/c1-2-3-7(11)9(13)12-8-5-16-4-6(8)10(14)15/h2,6-8H,1,3-5,11H2,(H,12,13)(H,14,15). The Balaban J connectivity index is 2.49. The van der Waals surface area contributed by atoms with Gasteiger partial charge in [-0.15, -0.1) is 6.58 Å². The van der Waals surface area contributed by atoms with Crippen LogP contribution in [0.25, 0.3) is 0 Å². The number of carbonyl (C=O) groups is 2. The molecule has 4 N–H and O–H groups in total. The minimum absolute atomic E-state index is 0.122. The van der Waals surface area contributed by atoms with E-state index in [4.69, 9.17) is 15.6 Å². The van der Waals surface area contributed by atoms with Crippen LogP contribution in [0.3, 0.4) is 0 Å². The van der Waals surface area contributed by atoms with Crippen molar-refractivity contribution in [2.24, 2.45) is 11.7 Å². The van der Waals surface area contributed by atoms with E-state index in [1.807, 2.05) is 0 Å². The minimum atomic E-state index is -0.972. The molecular formula is C10H16N2O4. The van der Waals surface area contributed by atoms with Crippen molar-refractivity contribution in [3.63, 3.8) is 0 Å². The van der Waals surface area contributed by atoms with Crippen molar-refractivity contribution in [1.29, 1.82) is 0 Å². The highest BCUT2D eigenvalue weighted by molar-refractivity contribution is 5.83. The largest absolute Gasteiger partial charge is 0.481 e. The van der Waals surface area contributed by atoms with Crippen molar-refractivity contribution in [3.8, 4) is 0 Å². The van der Waals surface area contributed by atoms with Gasteiger partial charge in [0, 0.05) is 0 Å². The number of carbonyl (C=O) groups excluding carboxylic acids is 1. The molecule has 1 amide bonds. The maximum absolute atomic E-state index is 11.5. The summed E-state index contributed by atoms with van der Waals surface area (Å²) in [5.41, 5.74) is 5.56. The Hall–Kier alpha value is -1.40. The van der Waals surface area contributed by atoms with Gasteiger partial charge in [0.25, 0.3) is 0 Å². The first-order valence-electron chi connectivity index (χ1n) is 5.03. The highest BCUT2D eigenvalue weighted by Gasteiger charge is 2.35. The molecule has 0 aliphatic carbocycles. The molecule has 1 heterocycles. The van der Waals surface area contributed by atoms with E-state index in [0.29, 0.717) is 6.42 Å². The summed E-state index contributed by atoms with van der Waals surface area (Å²) >= 11 is 0. The molecule has 90 valence electrons. The van der Waals surface area contributed by atoms with Crippen molar-refractivity contribution in [2.75, 3.05) is 13.2 Å². The van der Waals surface area contributed by atoms with Gasteiger partial charge in [-0.1, -0.05) is 6.08 Å². The number of rotatable bonds is 5. The maximum atomic E-state index is 11.5. The summed E-state index contributed by atoms with van der Waals surface area (Å²) in [7, 11) is 0. The molecule has 3 unspecified atom stereocenters. The second-order valence-electron chi connectivity index (χ2n) is 3.73. The first kappa shape index (κ1) is 12.7. The fraction of sp³-hybridized carbons (Fsp3) is 0.600. The molecule has 0 radical (unpaired) electrons. The smallest absolute Gasteiger partial charge is 0.311 e. The highest BCUT2D eigenvalue weighted by atomic mass is 16.5. The van der Waals surface area contributed by atoms with Gasteiger partial charge in [-0.25, -0.2) is 0 Å². The number of aliphatic carboxylic acids is 1. The number of carboxylic acid groups (broad SMARTS) is 1. The molecule has 1 saturated heterocycles. The maximum Gasteiger partial charge on any atom is 0.311 e. The van der Waals surface area contributed by atoms with E-state index in [9.17, 15) is 9.59 Å². The molecule has 1 aliphatic heterocycles. The van der Waals surface area contributed by atoms with E-state index in [0.717, 1.165) is 0 Å². The number of carboxylic acids is 1. The average molecular weight is 228 g/mol. The summed E-state index contributed by atoms with van der Waals surface area (Å²) in [5.74, 6) is -2.04. The summed E-state index contributed by atoms with van der Waals surface area (Å²) in [6.45, 7) is 3.81. The van der Waals surface area contributed by atoms with Crippen LogP contribution in [0.15, 0.2) is 12.7 Å². The average Bonchev–Trinajstić information content (AvgIpc) is 2.66. The highest BCUT2D eigenvalue weighted by Crippen LogP contribution is 2.13. The Labute approximate surface area is 93.4 Å². The van der Waals surface area contributed by atoms with E-state index in [2.05, 4.69) is 11.9 Å². The van der Waals surface area contributed by atoms with Crippen molar-refractivity contribution in [2.45, 2.75) is 18.5 Å². The van der Waals surface area contributed by atoms with E-state index in [-0.39, 0.29) is 19.1 Å². The SMILES string of the molecule is C=CCC(N)C(=O)NC1COCC1C(=O)O. The lowest BCUT2D eigenvalue weighted by Crippen LogP contribution is -2.49. The quantitative estimate of drug-likeness (QED) is 0.530. The van der Waals surface area contributed by atoms with Crippen molar-refractivity contribution < 1.29 is 19.4 Å². The predicted octanol–water partition coefficient (Wildman–Crippen LogP) is -0.894. The molecule has 6 heteroatoms. The van der Waals surface area contributed by atoms with Crippen LogP contribution in [-0.2, 0) is 14.3 Å². The van der Waals surface area contributed by atoms with Crippen LogP contribution in [-0.4, -0.2) is 42.3 Å². The normalized spacial score (nSPS) is 26.1. The number of hydrogen-bond donors (Lipinski definition) is 3. The first-order chi connectivity index (χ1) is 7.56. The Morgan fingerprint density at radius 3 is 2.88 bits per heavy atom. The number of amides is 1.